The lowest BCUT2D eigenvalue weighted by Crippen LogP contribution is -2.17. The molecule has 0 fully saturated rings. The van der Waals surface area contributed by atoms with Gasteiger partial charge >= 0.3 is 5.91 Å². The van der Waals surface area contributed by atoms with Gasteiger partial charge < -0.3 is 9.15 Å². The van der Waals surface area contributed by atoms with E-state index in [2.05, 4.69) is 0 Å². The Labute approximate surface area is 112 Å². The normalized spacial score (nSPS) is 10.1. The second-order valence-electron chi connectivity index (χ2n) is 3.75. The SMILES string of the molecule is COc1ccc([N+](=O)[O-])cc1-c1ccc(C(=O)NO)o1. The third-order valence-electron chi connectivity index (χ3n) is 2.59. The van der Waals surface area contributed by atoms with E-state index in [1.807, 2.05) is 0 Å². The zero-order chi connectivity index (χ0) is 14.7. The zero-order valence-corrected chi connectivity index (χ0v) is 10.3. The summed E-state index contributed by atoms with van der Waals surface area (Å²) in [5, 5.41) is 19.3. The van der Waals surface area contributed by atoms with Crippen molar-refractivity contribution < 1.29 is 24.1 Å². The summed E-state index contributed by atoms with van der Waals surface area (Å²) in [6.45, 7) is 0. The number of hydroxylamine groups is 1. The Bertz CT molecular complexity index is 664. The van der Waals surface area contributed by atoms with E-state index in [-0.39, 0.29) is 17.2 Å². The summed E-state index contributed by atoms with van der Waals surface area (Å²) < 4.78 is 10.3. The topological polar surface area (TPSA) is 115 Å². The van der Waals surface area contributed by atoms with Gasteiger partial charge in [0.2, 0.25) is 0 Å². The third kappa shape index (κ3) is 2.45. The molecule has 0 bridgehead atoms. The molecule has 1 aromatic heterocycles. The van der Waals surface area contributed by atoms with Crippen molar-refractivity contribution in [3.8, 4) is 17.1 Å². The number of amides is 1. The van der Waals surface area contributed by atoms with Crippen LogP contribution in [0.2, 0.25) is 0 Å². The Balaban J connectivity index is 2.50. The monoisotopic (exact) mass is 278 g/mol. The lowest BCUT2D eigenvalue weighted by atomic mass is 10.1. The number of hydrogen-bond acceptors (Lipinski definition) is 6. The number of carbonyl (C=O) groups excluding carboxylic acids is 1. The molecule has 0 atom stereocenters. The van der Waals surface area contributed by atoms with Gasteiger partial charge in [-0.1, -0.05) is 0 Å². The first-order valence-corrected chi connectivity index (χ1v) is 5.44. The Morgan fingerprint density at radius 1 is 1.40 bits per heavy atom. The maximum Gasteiger partial charge on any atom is 0.310 e. The average molecular weight is 278 g/mol. The maximum atomic E-state index is 11.2. The van der Waals surface area contributed by atoms with E-state index < -0.39 is 10.8 Å². The molecule has 1 amide bonds. The van der Waals surface area contributed by atoms with Crippen LogP contribution >= 0.6 is 0 Å². The van der Waals surface area contributed by atoms with E-state index >= 15 is 0 Å². The van der Waals surface area contributed by atoms with Gasteiger partial charge in [-0.15, -0.1) is 0 Å². The Hall–Kier alpha value is -2.87. The molecule has 8 nitrogen and oxygen atoms in total. The van der Waals surface area contributed by atoms with Gasteiger partial charge in [-0.2, -0.15) is 0 Å². The molecule has 0 saturated heterocycles. The van der Waals surface area contributed by atoms with Crippen LogP contribution in [0.1, 0.15) is 10.6 Å². The van der Waals surface area contributed by atoms with Crippen molar-refractivity contribution >= 4 is 11.6 Å². The van der Waals surface area contributed by atoms with Crippen molar-refractivity contribution in [2.24, 2.45) is 0 Å². The zero-order valence-electron chi connectivity index (χ0n) is 10.3. The highest BCUT2D eigenvalue weighted by atomic mass is 16.6. The molecule has 0 unspecified atom stereocenters. The summed E-state index contributed by atoms with van der Waals surface area (Å²) in [7, 11) is 1.41. The van der Waals surface area contributed by atoms with Crippen LogP contribution in [0.4, 0.5) is 5.69 Å². The number of hydrogen-bond donors (Lipinski definition) is 2. The van der Waals surface area contributed by atoms with Crippen molar-refractivity contribution in [3.05, 3.63) is 46.2 Å². The fourth-order valence-corrected chi connectivity index (χ4v) is 1.66. The molecule has 2 aromatic rings. The van der Waals surface area contributed by atoms with Gasteiger partial charge in [0.25, 0.3) is 5.69 Å². The number of carbonyl (C=O) groups is 1. The van der Waals surface area contributed by atoms with E-state index in [1.54, 1.807) is 0 Å². The predicted molar refractivity (Wildman–Crippen MR) is 66.6 cm³/mol. The first-order valence-electron chi connectivity index (χ1n) is 5.44. The molecule has 104 valence electrons. The average Bonchev–Trinajstić information content (AvgIpc) is 2.95. The van der Waals surface area contributed by atoms with Gasteiger partial charge in [-0.3, -0.25) is 20.1 Å². The van der Waals surface area contributed by atoms with Gasteiger partial charge in [-0.25, -0.2) is 5.48 Å². The van der Waals surface area contributed by atoms with Crippen LogP contribution in [0.25, 0.3) is 11.3 Å². The van der Waals surface area contributed by atoms with Gasteiger partial charge in [0.05, 0.1) is 17.6 Å². The highest BCUT2D eigenvalue weighted by molar-refractivity contribution is 5.91. The second-order valence-corrected chi connectivity index (χ2v) is 3.75. The van der Waals surface area contributed by atoms with Crippen LogP contribution in [0, 0.1) is 10.1 Å². The molecule has 0 spiro atoms. The molecule has 1 heterocycles. The van der Waals surface area contributed by atoms with Crippen molar-refractivity contribution in [2.75, 3.05) is 7.11 Å². The number of non-ortho nitro benzene ring substituents is 1. The first-order chi connectivity index (χ1) is 9.56. The molecular formula is C12H10N2O6. The number of furan rings is 1. The summed E-state index contributed by atoms with van der Waals surface area (Å²) >= 11 is 0. The Morgan fingerprint density at radius 3 is 2.75 bits per heavy atom. The standard InChI is InChI=1S/C12H10N2O6/c1-19-9-3-2-7(14(17)18)6-8(9)10-4-5-11(20-10)12(15)13-16/h2-6,16H,1H3,(H,13,15). The fraction of sp³-hybridized carbons (Fsp3) is 0.0833. The molecular weight excluding hydrogens is 268 g/mol. The minimum Gasteiger partial charge on any atom is -0.496 e. The number of ether oxygens (including phenoxy) is 1. The minimum absolute atomic E-state index is 0.129. The summed E-state index contributed by atoms with van der Waals surface area (Å²) in [6.07, 6.45) is 0. The van der Waals surface area contributed by atoms with Gasteiger partial charge in [0.1, 0.15) is 11.5 Å². The number of rotatable bonds is 4. The summed E-state index contributed by atoms with van der Waals surface area (Å²) in [5.41, 5.74) is 1.63. The molecule has 8 heteroatoms. The van der Waals surface area contributed by atoms with E-state index in [1.165, 1.54) is 42.9 Å². The van der Waals surface area contributed by atoms with Gasteiger partial charge in [-0.05, 0) is 18.2 Å². The number of nitro groups is 1. The molecule has 0 radical (unpaired) electrons. The van der Waals surface area contributed by atoms with Crippen LogP contribution in [-0.2, 0) is 0 Å². The highest BCUT2D eigenvalue weighted by Crippen LogP contribution is 2.34. The molecule has 1 aromatic carbocycles. The molecule has 2 N–H and O–H groups in total. The molecule has 0 saturated carbocycles. The Morgan fingerprint density at radius 2 is 2.15 bits per heavy atom. The van der Waals surface area contributed by atoms with Crippen LogP contribution < -0.4 is 10.2 Å². The van der Waals surface area contributed by atoms with Crippen LogP contribution in [0.3, 0.4) is 0 Å². The molecule has 0 aliphatic rings. The summed E-state index contributed by atoms with van der Waals surface area (Å²) in [5.74, 6) is -0.373. The Kier molecular flexibility index (Phi) is 3.67. The van der Waals surface area contributed by atoms with Gasteiger partial charge in [0.15, 0.2) is 5.76 Å². The van der Waals surface area contributed by atoms with E-state index in [4.69, 9.17) is 14.4 Å². The third-order valence-corrected chi connectivity index (χ3v) is 2.59. The summed E-state index contributed by atoms with van der Waals surface area (Å²) in [6, 6.07) is 6.79. The van der Waals surface area contributed by atoms with Crippen LogP contribution in [-0.4, -0.2) is 23.1 Å². The van der Waals surface area contributed by atoms with Crippen molar-refractivity contribution in [1.82, 2.24) is 5.48 Å². The first kappa shape index (κ1) is 13.6. The van der Waals surface area contributed by atoms with E-state index in [0.29, 0.717) is 11.3 Å². The number of nitro benzene ring substituents is 1. The smallest absolute Gasteiger partial charge is 0.310 e. The van der Waals surface area contributed by atoms with E-state index in [9.17, 15) is 14.9 Å². The van der Waals surface area contributed by atoms with Crippen molar-refractivity contribution in [2.45, 2.75) is 0 Å². The number of benzene rings is 1. The predicted octanol–water partition coefficient (Wildman–Crippen LogP) is 1.98. The van der Waals surface area contributed by atoms with Crippen molar-refractivity contribution in [1.29, 1.82) is 0 Å². The van der Waals surface area contributed by atoms with Crippen LogP contribution in [0.5, 0.6) is 5.75 Å². The molecule has 20 heavy (non-hydrogen) atoms. The number of nitrogens with zero attached hydrogens (tertiary/aromatic N) is 1. The maximum absolute atomic E-state index is 11.2. The van der Waals surface area contributed by atoms with Gasteiger partial charge in [0, 0.05) is 12.1 Å². The number of nitrogens with one attached hydrogen (secondary N) is 1. The lowest BCUT2D eigenvalue weighted by Gasteiger charge is -2.05. The summed E-state index contributed by atoms with van der Waals surface area (Å²) in [4.78, 5) is 21.4. The van der Waals surface area contributed by atoms with Crippen LogP contribution in [0.15, 0.2) is 34.7 Å². The largest absolute Gasteiger partial charge is 0.496 e. The second kappa shape index (κ2) is 5.41. The minimum atomic E-state index is -0.819. The number of methoxy groups -OCH3 is 1. The highest BCUT2D eigenvalue weighted by Gasteiger charge is 2.17. The van der Waals surface area contributed by atoms with Crippen molar-refractivity contribution in [3.63, 3.8) is 0 Å². The molecule has 0 aliphatic heterocycles. The lowest BCUT2D eigenvalue weighted by molar-refractivity contribution is -0.384. The van der Waals surface area contributed by atoms with E-state index in [0.717, 1.165) is 0 Å². The fourth-order valence-electron chi connectivity index (χ4n) is 1.66. The molecule has 0 aliphatic carbocycles. The quantitative estimate of drug-likeness (QED) is 0.502. The molecule has 2 rings (SSSR count).